The molecule has 1 heterocycles. The monoisotopic (exact) mass is 300 g/mol. The lowest BCUT2D eigenvalue weighted by Gasteiger charge is -2.34. The third-order valence-corrected chi connectivity index (χ3v) is 3.75. The summed E-state index contributed by atoms with van der Waals surface area (Å²) in [5.41, 5.74) is 0.360. The minimum Gasteiger partial charge on any atom is -0.383 e. The number of carbonyl (C=O) groups excluding carboxylic acids is 1. The van der Waals surface area contributed by atoms with Crippen molar-refractivity contribution in [2.75, 3.05) is 46.4 Å². The van der Waals surface area contributed by atoms with Crippen LogP contribution in [0, 0.1) is 5.82 Å². The number of methoxy groups -OCH3 is 1. The Labute approximate surface area is 123 Å². The largest absolute Gasteiger partial charge is 0.383 e. The predicted octanol–water partition coefficient (Wildman–Crippen LogP) is 1.88. The number of hydrogen-bond donors (Lipinski definition) is 0. The molecule has 1 amide bonds. The second-order valence-electron chi connectivity index (χ2n) is 4.75. The molecule has 0 N–H and O–H groups in total. The minimum atomic E-state index is -0.434. The van der Waals surface area contributed by atoms with Crippen molar-refractivity contribution in [3.63, 3.8) is 0 Å². The maximum absolute atomic E-state index is 13.0. The molecule has 0 radical (unpaired) electrons. The van der Waals surface area contributed by atoms with Gasteiger partial charge in [0.15, 0.2) is 0 Å². The van der Waals surface area contributed by atoms with E-state index >= 15 is 0 Å². The highest BCUT2D eigenvalue weighted by Gasteiger charge is 2.23. The number of rotatable bonds is 4. The van der Waals surface area contributed by atoms with Crippen molar-refractivity contribution in [1.82, 2.24) is 9.80 Å². The van der Waals surface area contributed by atoms with Crippen molar-refractivity contribution in [1.29, 1.82) is 0 Å². The molecular formula is C14H18ClFN2O2. The molecular weight excluding hydrogens is 283 g/mol. The van der Waals surface area contributed by atoms with Gasteiger partial charge in [-0.1, -0.05) is 11.6 Å². The van der Waals surface area contributed by atoms with Gasteiger partial charge in [-0.05, 0) is 18.2 Å². The summed E-state index contributed by atoms with van der Waals surface area (Å²) >= 11 is 5.93. The molecule has 0 aliphatic carbocycles. The molecule has 0 aromatic heterocycles. The highest BCUT2D eigenvalue weighted by Crippen LogP contribution is 2.19. The van der Waals surface area contributed by atoms with Crippen LogP contribution in [-0.4, -0.2) is 62.1 Å². The molecule has 1 aromatic rings. The molecule has 6 heteroatoms. The van der Waals surface area contributed by atoms with E-state index < -0.39 is 5.82 Å². The van der Waals surface area contributed by atoms with Gasteiger partial charge in [-0.15, -0.1) is 0 Å². The number of amides is 1. The summed E-state index contributed by atoms with van der Waals surface area (Å²) in [5.74, 6) is -0.572. The molecule has 0 saturated carbocycles. The molecule has 0 spiro atoms. The number of ether oxygens (including phenoxy) is 1. The molecule has 1 fully saturated rings. The van der Waals surface area contributed by atoms with Crippen LogP contribution in [0.5, 0.6) is 0 Å². The van der Waals surface area contributed by atoms with Crippen molar-refractivity contribution in [2.24, 2.45) is 0 Å². The number of piperazine rings is 1. The Hall–Kier alpha value is -1.17. The van der Waals surface area contributed by atoms with Gasteiger partial charge in [-0.2, -0.15) is 0 Å². The average molecular weight is 301 g/mol. The number of hydrogen-bond acceptors (Lipinski definition) is 3. The van der Waals surface area contributed by atoms with E-state index in [-0.39, 0.29) is 10.9 Å². The fourth-order valence-electron chi connectivity index (χ4n) is 2.23. The van der Waals surface area contributed by atoms with Gasteiger partial charge >= 0.3 is 0 Å². The summed E-state index contributed by atoms with van der Waals surface area (Å²) < 4.78 is 18.0. The Morgan fingerprint density at radius 1 is 1.35 bits per heavy atom. The van der Waals surface area contributed by atoms with Crippen LogP contribution in [0.2, 0.25) is 5.02 Å². The van der Waals surface area contributed by atoms with Crippen LogP contribution in [0.15, 0.2) is 18.2 Å². The SMILES string of the molecule is COCCN1CCN(C(=O)c2ccc(F)cc2Cl)CC1. The molecule has 20 heavy (non-hydrogen) atoms. The first kappa shape index (κ1) is 15.2. The molecule has 0 bridgehead atoms. The zero-order valence-electron chi connectivity index (χ0n) is 11.4. The summed E-state index contributed by atoms with van der Waals surface area (Å²) in [5, 5.41) is 0.164. The standard InChI is InChI=1S/C14H18ClFN2O2/c1-20-9-8-17-4-6-18(7-5-17)14(19)12-3-2-11(16)10-13(12)15/h2-3,10H,4-9H2,1H3. The minimum absolute atomic E-state index is 0.138. The van der Waals surface area contributed by atoms with Gasteiger partial charge in [-0.3, -0.25) is 9.69 Å². The first-order valence-electron chi connectivity index (χ1n) is 6.57. The van der Waals surface area contributed by atoms with Gasteiger partial charge in [0.1, 0.15) is 5.82 Å². The van der Waals surface area contributed by atoms with E-state index in [0.29, 0.717) is 25.3 Å². The molecule has 1 saturated heterocycles. The fourth-order valence-corrected chi connectivity index (χ4v) is 2.48. The maximum Gasteiger partial charge on any atom is 0.255 e. The van der Waals surface area contributed by atoms with E-state index in [1.54, 1.807) is 12.0 Å². The van der Waals surface area contributed by atoms with Crippen molar-refractivity contribution >= 4 is 17.5 Å². The van der Waals surface area contributed by atoms with Gasteiger partial charge in [0.05, 0.1) is 17.2 Å². The van der Waals surface area contributed by atoms with Crippen LogP contribution < -0.4 is 0 Å². The smallest absolute Gasteiger partial charge is 0.255 e. The van der Waals surface area contributed by atoms with Crippen LogP contribution in [0.3, 0.4) is 0 Å². The lowest BCUT2D eigenvalue weighted by atomic mass is 10.1. The quantitative estimate of drug-likeness (QED) is 0.851. The number of nitrogens with zero attached hydrogens (tertiary/aromatic N) is 2. The highest BCUT2D eigenvalue weighted by molar-refractivity contribution is 6.33. The van der Waals surface area contributed by atoms with E-state index in [1.807, 2.05) is 0 Å². The molecule has 1 aliphatic rings. The molecule has 1 aliphatic heterocycles. The average Bonchev–Trinajstić information content (AvgIpc) is 2.45. The Bertz CT molecular complexity index is 476. The van der Waals surface area contributed by atoms with Crippen LogP contribution in [0.25, 0.3) is 0 Å². The number of halogens is 2. The first-order valence-corrected chi connectivity index (χ1v) is 6.95. The van der Waals surface area contributed by atoms with E-state index in [9.17, 15) is 9.18 Å². The molecule has 2 rings (SSSR count). The fraction of sp³-hybridized carbons (Fsp3) is 0.500. The van der Waals surface area contributed by atoms with E-state index in [4.69, 9.17) is 16.3 Å². The van der Waals surface area contributed by atoms with Crippen molar-refractivity contribution in [2.45, 2.75) is 0 Å². The summed E-state index contributed by atoms with van der Waals surface area (Å²) in [4.78, 5) is 16.3. The summed E-state index contributed by atoms with van der Waals surface area (Å²) in [6.07, 6.45) is 0. The Morgan fingerprint density at radius 2 is 2.05 bits per heavy atom. The van der Waals surface area contributed by atoms with Gasteiger partial charge in [0, 0.05) is 39.8 Å². The van der Waals surface area contributed by atoms with Crippen LogP contribution in [-0.2, 0) is 4.74 Å². The lowest BCUT2D eigenvalue weighted by molar-refractivity contribution is 0.0594. The normalized spacial score (nSPS) is 16.4. The highest BCUT2D eigenvalue weighted by atomic mass is 35.5. The van der Waals surface area contributed by atoms with Crippen molar-refractivity contribution in [3.8, 4) is 0 Å². The second-order valence-corrected chi connectivity index (χ2v) is 5.16. The molecule has 1 aromatic carbocycles. The van der Waals surface area contributed by atoms with E-state index in [2.05, 4.69) is 4.90 Å². The summed E-state index contributed by atoms with van der Waals surface area (Å²) in [6, 6.07) is 3.87. The third kappa shape index (κ3) is 3.69. The van der Waals surface area contributed by atoms with Gasteiger partial charge in [-0.25, -0.2) is 4.39 Å². The molecule has 0 unspecified atom stereocenters. The van der Waals surface area contributed by atoms with Gasteiger partial charge < -0.3 is 9.64 Å². The Balaban J connectivity index is 1.94. The summed E-state index contributed by atoms with van der Waals surface area (Å²) in [7, 11) is 1.68. The Morgan fingerprint density at radius 3 is 2.65 bits per heavy atom. The van der Waals surface area contributed by atoms with E-state index in [0.717, 1.165) is 19.6 Å². The van der Waals surface area contributed by atoms with Crippen molar-refractivity contribution in [3.05, 3.63) is 34.6 Å². The number of carbonyl (C=O) groups is 1. The summed E-state index contributed by atoms with van der Waals surface area (Å²) in [6.45, 7) is 4.49. The maximum atomic E-state index is 13.0. The Kier molecular flexibility index (Phi) is 5.34. The predicted molar refractivity (Wildman–Crippen MR) is 75.6 cm³/mol. The third-order valence-electron chi connectivity index (χ3n) is 3.43. The zero-order chi connectivity index (χ0) is 14.5. The van der Waals surface area contributed by atoms with Crippen LogP contribution >= 0.6 is 11.6 Å². The lowest BCUT2D eigenvalue weighted by Crippen LogP contribution is -2.49. The van der Waals surface area contributed by atoms with Gasteiger partial charge in [0.25, 0.3) is 5.91 Å². The van der Waals surface area contributed by atoms with E-state index in [1.165, 1.54) is 18.2 Å². The molecule has 4 nitrogen and oxygen atoms in total. The second kappa shape index (κ2) is 7.02. The van der Waals surface area contributed by atoms with Crippen molar-refractivity contribution < 1.29 is 13.9 Å². The molecule has 0 atom stereocenters. The topological polar surface area (TPSA) is 32.8 Å². The zero-order valence-corrected chi connectivity index (χ0v) is 12.2. The first-order chi connectivity index (χ1) is 9.61. The van der Waals surface area contributed by atoms with Gasteiger partial charge in [0.2, 0.25) is 0 Å². The number of benzene rings is 1. The van der Waals surface area contributed by atoms with Crippen LogP contribution in [0.1, 0.15) is 10.4 Å². The van der Waals surface area contributed by atoms with Crippen LogP contribution in [0.4, 0.5) is 4.39 Å². The molecule has 110 valence electrons.